The van der Waals surface area contributed by atoms with Gasteiger partial charge in [-0.05, 0) is 19.1 Å². The van der Waals surface area contributed by atoms with Crippen molar-refractivity contribution in [2.24, 2.45) is 0 Å². The van der Waals surface area contributed by atoms with E-state index in [0.717, 1.165) is 0 Å². The Bertz CT molecular complexity index is 526. The highest BCUT2D eigenvalue weighted by Crippen LogP contribution is 2.22. The number of aliphatic carboxylic acids is 1. The lowest BCUT2D eigenvalue weighted by atomic mass is 9.99. The van der Waals surface area contributed by atoms with Gasteiger partial charge in [-0.1, -0.05) is 12.1 Å². The molecule has 0 spiro atoms. The summed E-state index contributed by atoms with van der Waals surface area (Å²) >= 11 is 1.25. The molecule has 0 aliphatic rings. The third-order valence-electron chi connectivity index (χ3n) is 2.87. The Labute approximate surface area is 133 Å². The fourth-order valence-corrected chi connectivity index (χ4v) is 2.89. The summed E-state index contributed by atoms with van der Waals surface area (Å²) in [5, 5.41) is 11.6. The Morgan fingerprint density at radius 2 is 2.09 bits per heavy atom. The van der Waals surface area contributed by atoms with Crippen LogP contribution >= 0.6 is 11.8 Å². The number of benzene rings is 1. The molecule has 1 amide bonds. The Balaban J connectivity index is 2.47. The Kier molecular flexibility index (Phi) is 7.34. The number of carbonyl (C=O) groups excluding carboxylic acids is 1. The predicted molar refractivity (Wildman–Crippen MR) is 82.4 cm³/mol. The summed E-state index contributed by atoms with van der Waals surface area (Å²) in [6.45, 7) is 1.72. The van der Waals surface area contributed by atoms with Gasteiger partial charge < -0.3 is 15.2 Å². The van der Waals surface area contributed by atoms with Crippen LogP contribution in [0.25, 0.3) is 0 Å². The highest BCUT2D eigenvalue weighted by atomic mass is 32.2. The summed E-state index contributed by atoms with van der Waals surface area (Å²) in [4.78, 5) is 23.3. The van der Waals surface area contributed by atoms with E-state index in [9.17, 15) is 14.0 Å². The average molecular weight is 329 g/mol. The zero-order valence-corrected chi connectivity index (χ0v) is 13.4. The van der Waals surface area contributed by atoms with Crippen LogP contribution in [0.4, 0.5) is 4.39 Å². The van der Waals surface area contributed by atoms with Crippen molar-refractivity contribution in [3.05, 3.63) is 30.1 Å². The van der Waals surface area contributed by atoms with Gasteiger partial charge in [0, 0.05) is 24.2 Å². The summed E-state index contributed by atoms with van der Waals surface area (Å²) in [6.07, 6.45) is -0.0645. The van der Waals surface area contributed by atoms with Crippen LogP contribution in [0.5, 0.6) is 0 Å². The van der Waals surface area contributed by atoms with Crippen LogP contribution in [-0.4, -0.2) is 42.0 Å². The molecule has 122 valence electrons. The SMILES string of the molecule is COCC(C)(CC(=O)O)NC(=O)CCSc1ccccc1F. The van der Waals surface area contributed by atoms with E-state index in [1.165, 1.54) is 24.9 Å². The van der Waals surface area contributed by atoms with Gasteiger partial charge in [0.15, 0.2) is 0 Å². The Morgan fingerprint density at radius 1 is 1.41 bits per heavy atom. The maximum absolute atomic E-state index is 13.4. The number of halogens is 1. The third-order valence-corrected chi connectivity index (χ3v) is 3.92. The summed E-state index contributed by atoms with van der Waals surface area (Å²) < 4.78 is 18.4. The van der Waals surface area contributed by atoms with Crippen molar-refractivity contribution in [2.45, 2.75) is 30.2 Å². The van der Waals surface area contributed by atoms with Crippen molar-refractivity contribution in [1.82, 2.24) is 5.32 Å². The fourth-order valence-electron chi connectivity index (χ4n) is 2.00. The minimum absolute atomic E-state index is 0.103. The van der Waals surface area contributed by atoms with E-state index in [1.807, 2.05) is 0 Å². The van der Waals surface area contributed by atoms with E-state index in [2.05, 4.69) is 5.32 Å². The number of thioether (sulfide) groups is 1. The van der Waals surface area contributed by atoms with E-state index < -0.39 is 11.5 Å². The number of carboxylic acid groups (broad SMARTS) is 1. The number of carbonyl (C=O) groups is 2. The molecule has 0 radical (unpaired) electrons. The smallest absolute Gasteiger partial charge is 0.305 e. The van der Waals surface area contributed by atoms with Crippen LogP contribution in [0.15, 0.2) is 29.2 Å². The van der Waals surface area contributed by atoms with Crippen molar-refractivity contribution < 1.29 is 23.8 Å². The van der Waals surface area contributed by atoms with Crippen LogP contribution in [0.3, 0.4) is 0 Å². The lowest BCUT2D eigenvalue weighted by molar-refractivity contribution is -0.139. The molecule has 1 atom stereocenters. The Morgan fingerprint density at radius 3 is 2.68 bits per heavy atom. The maximum Gasteiger partial charge on any atom is 0.305 e. The van der Waals surface area contributed by atoms with Crippen molar-refractivity contribution in [1.29, 1.82) is 0 Å². The largest absolute Gasteiger partial charge is 0.481 e. The zero-order valence-electron chi connectivity index (χ0n) is 12.6. The summed E-state index contributed by atoms with van der Waals surface area (Å²) in [5.74, 6) is -1.21. The van der Waals surface area contributed by atoms with Crippen LogP contribution < -0.4 is 5.32 Å². The number of rotatable bonds is 9. The molecule has 0 aliphatic heterocycles. The topological polar surface area (TPSA) is 75.6 Å². The predicted octanol–water partition coefficient (Wildman–Crippen LogP) is 2.30. The second-order valence-corrected chi connectivity index (χ2v) is 6.28. The number of nitrogens with one attached hydrogen (secondary N) is 1. The van der Waals surface area contributed by atoms with Gasteiger partial charge in [-0.15, -0.1) is 11.8 Å². The molecule has 0 aromatic heterocycles. The first-order valence-corrected chi connectivity index (χ1v) is 7.74. The van der Waals surface area contributed by atoms with Crippen LogP contribution in [0.1, 0.15) is 19.8 Å². The number of methoxy groups -OCH3 is 1. The molecule has 0 heterocycles. The van der Waals surface area contributed by atoms with Crippen LogP contribution in [0.2, 0.25) is 0 Å². The molecule has 1 rings (SSSR count). The van der Waals surface area contributed by atoms with Gasteiger partial charge in [0.1, 0.15) is 5.82 Å². The van der Waals surface area contributed by atoms with Gasteiger partial charge in [0.2, 0.25) is 5.91 Å². The number of carboxylic acids is 1. The molecule has 1 aromatic rings. The highest BCUT2D eigenvalue weighted by Gasteiger charge is 2.29. The molecule has 0 fully saturated rings. The minimum Gasteiger partial charge on any atom is -0.481 e. The first-order valence-electron chi connectivity index (χ1n) is 6.75. The maximum atomic E-state index is 13.4. The first kappa shape index (κ1) is 18.4. The molecular weight excluding hydrogens is 309 g/mol. The van der Waals surface area contributed by atoms with Crippen molar-refractivity contribution in [3.8, 4) is 0 Å². The van der Waals surface area contributed by atoms with E-state index >= 15 is 0 Å². The van der Waals surface area contributed by atoms with Crippen LogP contribution in [0, 0.1) is 5.82 Å². The highest BCUT2D eigenvalue weighted by molar-refractivity contribution is 7.99. The second-order valence-electron chi connectivity index (χ2n) is 5.14. The van der Waals surface area contributed by atoms with Crippen molar-refractivity contribution in [3.63, 3.8) is 0 Å². The molecule has 2 N–H and O–H groups in total. The van der Waals surface area contributed by atoms with Gasteiger partial charge in [-0.3, -0.25) is 9.59 Å². The van der Waals surface area contributed by atoms with E-state index in [4.69, 9.17) is 9.84 Å². The number of hydrogen-bond acceptors (Lipinski definition) is 4. The van der Waals surface area contributed by atoms with Gasteiger partial charge in [-0.25, -0.2) is 4.39 Å². The minimum atomic E-state index is -1.01. The molecule has 1 unspecified atom stereocenters. The molecular formula is C15H20FNO4S. The molecule has 1 aromatic carbocycles. The summed E-state index contributed by atoms with van der Waals surface area (Å²) in [6, 6.07) is 6.35. The van der Waals surface area contributed by atoms with Gasteiger partial charge in [-0.2, -0.15) is 0 Å². The average Bonchev–Trinajstić information content (AvgIpc) is 2.39. The van der Waals surface area contributed by atoms with Gasteiger partial charge in [0.25, 0.3) is 0 Å². The number of ether oxygens (including phenoxy) is 1. The van der Waals surface area contributed by atoms with Gasteiger partial charge in [0.05, 0.1) is 18.6 Å². The number of hydrogen-bond donors (Lipinski definition) is 2. The lowest BCUT2D eigenvalue weighted by Crippen LogP contribution is -2.50. The van der Waals surface area contributed by atoms with E-state index in [0.29, 0.717) is 10.6 Å². The molecule has 0 bridgehead atoms. The molecule has 0 saturated heterocycles. The van der Waals surface area contributed by atoms with Gasteiger partial charge >= 0.3 is 5.97 Å². The fraction of sp³-hybridized carbons (Fsp3) is 0.467. The standard InChI is InChI=1S/C15H20FNO4S/c1-15(10-21-2,9-14(19)20)17-13(18)7-8-22-12-6-4-3-5-11(12)16/h3-6H,7-10H2,1-2H3,(H,17,18)(H,19,20). The molecule has 5 nitrogen and oxygen atoms in total. The van der Waals surface area contributed by atoms with Crippen molar-refractivity contribution in [2.75, 3.05) is 19.5 Å². The monoisotopic (exact) mass is 329 g/mol. The normalized spacial score (nSPS) is 13.4. The molecule has 7 heteroatoms. The quantitative estimate of drug-likeness (QED) is 0.680. The molecule has 0 saturated carbocycles. The van der Waals surface area contributed by atoms with E-state index in [-0.39, 0.29) is 31.2 Å². The summed E-state index contributed by atoms with van der Waals surface area (Å²) in [7, 11) is 1.44. The van der Waals surface area contributed by atoms with Crippen molar-refractivity contribution >= 4 is 23.6 Å². The lowest BCUT2D eigenvalue weighted by Gasteiger charge is -2.28. The summed E-state index contributed by atoms with van der Waals surface area (Å²) in [5.41, 5.74) is -0.958. The third kappa shape index (κ3) is 6.44. The van der Waals surface area contributed by atoms with E-state index in [1.54, 1.807) is 25.1 Å². The Hall–Kier alpha value is -1.60. The first-order chi connectivity index (χ1) is 10.4. The zero-order chi connectivity index (χ0) is 16.6. The number of amides is 1. The second kappa shape index (κ2) is 8.75. The molecule has 22 heavy (non-hydrogen) atoms. The molecule has 0 aliphatic carbocycles. The van der Waals surface area contributed by atoms with Crippen LogP contribution in [-0.2, 0) is 14.3 Å².